The molecule has 0 fully saturated rings. The zero-order valence-corrected chi connectivity index (χ0v) is 14.7. The third-order valence-electron chi connectivity index (χ3n) is 3.84. The van der Waals surface area contributed by atoms with Crippen molar-refractivity contribution in [2.75, 3.05) is 25.0 Å². The van der Waals surface area contributed by atoms with Gasteiger partial charge in [-0.25, -0.2) is 4.79 Å². The number of benzene rings is 1. The molecule has 2 N–H and O–H groups in total. The van der Waals surface area contributed by atoms with Crippen molar-refractivity contribution >= 4 is 17.6 Å². The molecule has 25 heavy (non-hydrogen) atoms. The van der Waals surface area contributed by atoms with Crippen molar-refractivity contribution in [3.05, 3.63) is 59.9 Å². The fraction of sp³-hybridized carbons (Fsp3) is 0.316. The molecule has 0 bridgehead atoms. The van der Waals surface area contributed by atoms with Gasteiger partial charge in [-0.1, -0.05) is 12.1 Å². The van der Waals surface area contributed by atoms with Gasteiger partial charge in [0.2, 0.25) is 0 Å². The number of carbonyl (C=O) groups is 2. The minimum absolute atomic E-state index is 0.0364. The molecule has 0 atom stereocenters. The fourth-order valence-electron chi connectivity index (χ4n) is 2.47. The van der Waals surface area contributed by atoms with Crippen LogP contribution in [0.3, 0.4) is 0 Å². The summed E-state index contributed by atoms with van der Waals surface area (Å²) in [6, 6.07) is 10.5. The molecule has 0 unspecified atom stereocenters. The third-order valence-corrected chi connectivity index (χ3v) is 3.84. The van der Waals surface area contributed by atoms with Gasteiger partial charge in [-0.15, -0.1) is 0 Å². The maximum absolute atomic E-state index is 12.4. The standard InChI is InChI=1S/C19H24N4O2/c1-3-23(4-2)18(24)16-8-5-9-17(13-16)22-19(25)21-12-10-15-7-6-11-20-14-15/h5-9,11,13-14H,3-4,10,12H2,1-2H3,(H2,21,22,25). The Hall–Kier alpha value is -2.89. The van der Waals surface area contributed by atoms with E-state index in [4.69, 9.17) is 0 Å². The highest BCUT2D eigenvalue weighted by Gasteiger charge is 2.13. The monoisotopic (exact) mass is 340 g/mol. The van der Waals surface area contributed by atoms with Crippen LogP contribution in [0.2, 0.25) is 0 Å². The van der Waals surface area contributed by atoms with Gasteiger partial charge in [0, 0.05) is 43.3 Å². The van der Waals surface area contributed by atoms with Crippen LogP contribution in [0.1, 0.15) is 29.8 Å². The summed E-state index contributed by atoms with van der Waals surface area (Å²) < 4.78 is 0. The summed E-state index contributed by atoms with van der Waals surface area (Å²) in [7, 11) is 0. The van der Waals surface area contributed by atoms with E-state index < -0.39 is 0 Å². The summed E-state index contributed by atoms with van der Waals surface area (Å²) in [5.41, 5.74) is 2.23. The zero-order valence-electron chi connectivity index (χ0n) is 14.7. The van der Waals surface area contributed by atoms with E-state index >= 15 is 0 Å². The van der Waals surface area contributed by atoms with E-state index in [0.29, 0.717) is 37.3 Å². The zero-order chi connectivity index (χ0) is 18.1. The minimum Gasteiger partial charge on any atom is -0.339 e. The van der Waals surface area contributed by atoms with Crippen molar-refractivity contribution in [2.24, 2.45) is 0 Å². The molecule has 6 nitrogen and oxygen atoms in total. The number of hydrogen-bond donors (Lipinski definition) is 2. The fourth-order valence-corrected chi connectivity index (χ4v) is 2.47. The van der Waals surface area contributed by atoms with Crippen molar-refractivity contribution in [3.8, 4) is 0 Å². The number of hydrogen-bond acceptors (Lipinski definition) is 3. The first-order valence-electron chi connectivity index (χ1n) is 8.47. The quantitative estimate of drug-likeness (QED) is 0.814. The van der Waals surface area contributed by atoms with Crippen LogP contribution in [0.4, 0.5) is 10.5 Å². The summed E-state index contributed by atoms with van der Waals surface area (Å²) in [6.45, 7) is 5.71. The molecule has 0 aliphatic rings. The van der Waals surface area contributed by atoms with Crippen molar-refractivity contribution < 1.29 is 9.59 Å². The predicted octanol–water partition coefficient (Wildman–Crippen LogP) is 2.93. The number of urea groups is 1. The Morgan fingerprint density at radius 2 is 1.92 bits per heavy atom. The first-order chi connectivity index (χ1) is 12.1. The maximum atomic E-state index is 12.4. The number of rotatable bonds is 7. The molecule has 0 radical (unpaired) electrons. The molecule has 1 heterocycles. The number of anilines is 1. The molecular weight excluding hydrogens is 316 g/mol. The predicted molar refractivity (Wildman–Crippen MR) is 98.7 cm³/mol. The Labute approximate surface area is 148 Å². The van der Waals surface area contributed by atoms with Gasteiger partial charge in [0.15, 0.2) is 0 Å². The molecule has 1 aromatic carbocycles. The van der Waals surface area contributed by atoms with Crippen molar-refractivity contribution in [2.45, 2.75) is 20.3 Å². The summed E-state index contributed by atoms with van der Waals surface area (Å²) in [4.78, 5) is 30.1. The van der Waals surface area contributed by atoms with Crippen LogP contribution in [0.25, 0.3) is 0 Å². The van der Waals surface area contributed by atoms with Gasteiger partial charge in [0.25, 0.3) is 5.91 Å². The number of nitrogens with one attached hydrogen (secondary N) is 2. The lowest BCUT2D eigenvalue weighted by molar-refractivity contribution is 0.0773. The Bertz CT molecular complexity index is 700. The van der Waals surface area contributed by atoms with Gasteiger partial charge >= 0.3 is 6.03 Å². The van der Waals surface area contributed by atoms with Gasteiger partial charge in [-0.3, -0.25) is 9.78 Å². The first kappa shape index (κ1) is 18.4. The Morgan fingerprint density at radius 3 is 2.60 bits per heavy atom. The average molecular weight is 340 g/mol. The summed E-state index contributed by atoms with van der Waals surface area (Å²) in [6.07, 6.45) is 4.21. The van der Waals surface area contributed by atoms with Crippen LogP contribution >= 0.6 is 0 Å². The number of carbonyl (C=O) groups excluding carboxylic acids is 2. The highest BCUT2D eigenvalue weighted by molar-refractivity contribution is 5.96. The van der Waals surface area contributed by atoms with E-state index in [9.17, 15) is 9.59 Å². The average Bonchev–Trinajstić information content (AvgIpc) is 2.63. The molecule has 1 aromatic heterocycles. The highest BCUT2D eigenvalue weighted by atomic mass is 16.2. The number of amides is 3. The van der Waals surface area contributed by atoms with E-state index in [-0.39, 0.29) is 11.9 Å². The van der Waals surface area contributed by atoms with Gasteiger partial charge in [0.05, 0.1) is 0 Å². The van der Waals surface area contributed by atoms with Crippen LogP contribution < -0.4 is 10.6 Å². The van der Waals surface area contributed by atoms with Gasteiger partial charge in [-0.2, -0.15) is 0 Å². The van der Waals surface area contributed by atoms with E-state index in [0.717, 1.165) is 5.56 Å². The third kappa shape index (κ3) is 5.60. The molecule has 0 spiro atoms. The topological polar surface area (TPSA) is 74.3 Å². The number of nitrogens with zero attached hydrogens (tertiary/aromatic N) is 2. The van der Waals surface area contributed by atoms with Crippen LogP contribution in [0.5, 0.6) is 0 Å². The summed E-state index contributed by atoms with van der Waals surface area (Å²) in [5, 5.41) is 5.56. The second kappa shape index (κ2) is 9.42. The normalized spacial score (nSPS) is 10.2. The molecule has 0 aliphatic carbocycles. The Kier molecular flexibility index (Phi) is 6.95. The highest BCUT2D eigenvalue weighted by Crippen LogP contribution is 2.13. The molecule has 0 saturated carbocycles. The van der Waals surface area contributed by atoms with Crippen LogP contribution in [0.15, 0.2) is 48.8 Å². The second-order valence-electron chi connectivity index (χ2n) is 5.55. The van der Waals surface area contributed by atoms with Crippen molar-refractivity contribution in [3.63, 3.8) is 0 Å². The SMILES string of the molecule is CCN(CC)C(=O)c1cccc(NC(=O)NCCc2cccnc2)c1. The first-order valence-corrected chi connectivity index (χ1v) is 8.47. The summed E-state index contributed by atoms with van der Waals surface area (Å²) >= 11 is 0. The smallest absolute Gasteiger partial charge is 0.319 e. The van der Waals surface area contributed by atoms with Crippen LogP contribution in [-0.4, -0.2) is 41.5 Å². The van der Waals surface area contributed by atoms with E-state index in [1.165, 1.54) is 0 Å². The largest absolute Gasteiger partial charge is 0.339 e. The molecular formula is C19H24N4O2. The maximum Gasteiger partial charge on any atom is 0.319 e. The Morgan fingerprint density at radius 1 is 1.12 bits per heavy atom. The molecule has 3 amide bonds. The van der Waals surface area contributed by atoms with Crippen LogP contribution in [-0.2, 0) is 6.42 Å². The Balaban J connectivity index is 1.88. The lowest BCUT2D eigenvalue weighted by Gasteiger charge is -2.19. The van der Waals surface area contributed by atoms with Crippen molar-refractivity contribution in [1.29, 1.82) is 0 Å². The van der Waals surface area contributed by atoms with E-state index in [2.05, 4.69) is 15.6 Å². The molecule has 6 heteroatoms. The number of pyridine rings is 1. The second-order valence-corrected chi connectivity index (χ2v) is 5.55. The molecule has 2 rings (SSSR count). The van der Waals surface area contributed by atoms with Gasteiger partial charge in [-0.05, 0) is 50.1 Å². The molecule has 0 aliphatic heterocycles. The molecule has 132 valence electrons. The lowest BCUT2D eigenvalue weighted by Crippen LogP contribution is -2.31. The molecule has 0 saturated heterocycles. The molecule has 2 aromatic rings. The van der Waals surface area contributed by atoms with Gasteiger partial charge in [0.1, 0.15) is 0 Å². The number of aromatic nitrogens is 1. The van der Waals surface area contributed by atoms with E-state index in [1.54, 1.807) is 41.6 Å². The van der Waals surface area contributed by atoms with Gasteiger partial charge < -0.3 is 15.5 Å². The lowest BCUT2D eigenvalue weighted by atomic mass is 10.1. The van der Waals surface area contributed by atoms with Crippen LogP contribution in [0, 0.1) is 0 Å². The van der Waals surface area contributed by atoms with E-state index in [1.807, 2.05) is 26.0 Å². The summed E-state index contributed by atoms with van der Waals surface area (Å²) in [5.74, 6) is -0.0364. The van der Waals surface area contributed by atoms with Crippen molar-refractivity contribution in [1.82, 2.24) is 15.2 Å². The minimum atomic E-state index is -0.295.